The molecule has 0 bridgehead atoms. The van der Waals surface area contributed by atoms with Gasteiger partial charge in [-0.15, -0.1) is 0 Å². The minimum Gasteiger partial charge on any atom is -0.0622 e. The molecule has 0 saturated carbocycles. The quantitative estimate of drug-likeness (QED) is 0.670. The third kappa shape index (κ3) is 2.95. The van der Waals surface area contributed by atoms with Crippen LogP contribution in [0.25, 0.3) is 5.57 Å². The Morgan fingerprint density at radius 1 is 0.667 bits per heavy atom. The summed E-state index contributed by atoms with van der Waals surface area (Å²) in [6.07, 6.45) is 10.6. The summed E-state index contributed by atoms with van der Waals surface area (Å²) in [5.74, 6) is 0. The summed E-state index contributed by atoms with van der Waals surface area (Å²) in [6, 6.07) is 21.2. The van der Waals surface area contributed by atoms with Gasteiger partial charge in [-0.1, -0.05) is 91.0 Å². The molecule has 0 heteroatoms. The Morgan fingerprint density at radius 2 is 1.24 bits per heavy atom. The van der Waals surface area contributed by atoms with Gasteiger partial charge in [0.25, 0.3) is 0 Å². The number of allylic oxidation sites excluding steroid dienone is 7. The van der Waals surface area contributed by atoms with Gasteiger partial charge >= 0.3 is 0 Å². The molecule has 0 nitrogen and oxygen atoms in total. The summed E-state index contributed by atoms with van der Waals surface area (Å²) in [6.45, 7) is 2.17. The molecule has 0 aliphatic heterocycles. The molecule has 2 aromatic carbocycles. The standard InChI is InChI=1S/C21H18/c1-17-11-5-2-10-16-20(17)21(18-12-6-3-7-13-18)19-14-8-4-9-15-19/h2-16H,1H3. The lowest BCUT2D eigenvalue weighted by Gasteiger charge is -2.14. The fourth-order valence-electron chi connectivity index (χ4n) is 2.60. The van der Waals surface area contributed by atoms with Crippen LogP contribution in [0.4, 0.5) is 0 Å². The van der Waals surface area contributed by atoms with Gasteiger partial charge in [0.2, 0.25) is 0 Å². The van der Waals surface area contributed by atoms with Crippen LogP contribution in [-0.4, -0.2) is 0 Å². The van der Waals surface area contributed by atoms with Crippen molar-refractivity contribution in [1.29, 1.82) is 0 Å². The second kappa shape index (κ2) is 6.23. The number of hydrogen-bond donors (Lipinski definition) is 0. The molecule has 0 fully saturated rings. The highest BCUT2D eigenvalue weighted by Gasteiger charge is 2.11. The Bertz CT molecular complexity index is 685. The predicted molar refractivity (Wildman–Crippen MR) is 90.9 cm³/mol. The first-order valence-electron chi connectivity index (χ1n) is 7.23. The van der Waals surface area contributed by atoms with Gasteiger partial charge in [0, 0.05) is 0 Å². The van der Waals surface area contributed by atoms with E-state index in [0.29, 0.717) is 0 Å². The second-order valence-corrected chi connectivity index (χ2v) is 5.11. The minimum atomic E-state index is 1.25. The van der Waals surface area contributed by atoms with Crippen LogP contribution in [-0.2, 0) is 0 Å². The fraction of sp³-hybridized carbons (Fsp3) is 0.0476. The highest BCUT2D eigenvalue weighted by atomic mass is 14.1. The van der Waals surface area contributed by atoms with Crippen molar-refractivity contribution in [2.75, 3.05) is 0 Å². The van der Waals surface area contributed by atoms with Crippen molar-refractivity contribution in [2.45, 2.75) is 6.92 Å². The molecule has 0 amide bonds. The lowest BCUT2D eigenvalue weighted by molar-refractivity contribution is 1.41. The van der Waals surface area contributed by atoms with Crippen molar-refractivity contribution < 1.29 is 0 Å². The average Bonchev–Trinajstić information content (AvgIpc) is 2.75. The van der Waals surface area contributed by atoms with Crippen LogP contribution in [0.1, 0.15) is 18.1 Å². The van der Waals surface area contributed by atoms with Crippen LogP contribution >= 0.6 is 0 Å². The van der Waals surface area contributed by atoms with Crippen LogP contribution < -0.4 is 0 Å². The molecular formula is C21H18. The monoisotopic (exact) mass is 270 g/mol. The van der Waals surface area contributed by atoms with Crippen LogP contribution in [0.15, 0.2) is 102 Å². The molecule has 0 saturated heterocycles. The van der Waals surface area contributed by atoms with Crippen molar-refractivity contribution >= 4 is 5.57 Å². The van der Waals surface area contributed by atoms with Gasteiger partial charge in [0.05, 0.1) is 0 Å². The highest BCUT2D eigenvalue weighted by Crippen LogP contribution is 2.31. The van der Waals surface area contributed by atoms with E-state index in [-0.39, 0.29) is 0 Å². The first-order valence-corrected chi connectivity index (χ1v) is 7.23. The lowest BCUT2D eigenvalue weighted by atomic mass is 9.90. The van der Waals surface area contributed by atoms with E-state index in [2.05, 4.69) is 98.0 Å². The molecule has 0 aromatic heterocycles. The summed E-state index contributed by atoms with van der Waals surface area (Å²) in [7, 11) is 0. The first-order chi connectivity index (χ1) is 10.4. The molecule has 0 unspecified atom stereocenters. The number of benzene rings is 2. The van der Waals surface area contributed by atoms with E-state index in [9.17, 15) is 0 Å². The molecule has 0 N–H and O–H groups in total. The van der Waals surface area contributed by atoms with Gasteiger partial charge in [0.1, 0.15) is 0 Å². The van der Waals surface area contributed by atoms with Crippen molar-refractivity contribution in [3.63, 3.8) is 0 Å². The van der Waals surface area contributed by atoms with Gasteiger partial charge in [-0.25, -0.2) is 0 Å². The molecule has 3 rings (SSSR count). The van der Waals surface area contributed by atoms with Gasteiger partial charge < -0.3 is 0 Å². The SMILES string of the molecule is CC1=CC=CC=CC1=C(c1ccccc1)c1ccccc1. The Hall–Kier alpha value is -2.60. The normalized spacial score (nSPS) is 13.8. The zero-order chi connectivity index (χ0) is 14.5. The van der Waals surface area contributed by atoms with Gasteiger partial charge in [-0.05, 0) is 34.8 Å². The summed E-state index contributed by atoms with van der Waals surface area (Å²) in [4.78, 5) is 0. The largest absolute Gasteiger partial charge is 0.0622 e. The van der Waals surface area contributed by atoms with Crippen LogP contribution in [0.3, 0.4) is 0 Å². The molecule has 1 aliphatic carbocycles. The second-order valence-electron chi connectivity index (χ2n) is 5.11. The molecule has 0 radical (unpaired) electrons. The average molecular weight is 270 g/mol. The molecule has 21 heavy (non-hydrogen) atoms. The first kappa shape index (κ1) is 13.4. The smallest absolute Gasteiger partial charge is 0.00362 e. The summed E-state index contributed by atoms with van der Waals surface area (Å²) >= 11 is 0. The lowest BCUT2D eigenvalue weighted by Crippen LogP contribution is -1.94. The van der Waals surface area contributed by atoms with E-state index in [1.54, 1.807) is 0 Å². The fourth-order valence-corrected chi connectivity index (χ4v) is 2.60. The third-order valence-electron chi connectivity index (χ3n) is 3.65. The molecular weight excluding hydrogens is 252 g/mol. The third-order valence-corrected chi connectivity index (χ3v) is 3.65. The van der Waals surface area contributed by atoms with Gasteiger partial charge in [0.15, 0.2) is 0 Å². The number of hydrogen-bond acceptors (Lipinski definition) is 0. The zero-order valence-corrected chi connectivity index (χ0v) is 12.2. The van der Waals surface area contributed by atoms with E-state index in [1.807, 2.05) is 0 Å². The minimum absolute atomic E-state index is 1.25. The molecule has 1 aliphatic rings. The van der Waals surface area contributed by atoms with E-state index in [4.69, 9.17) is 0 Å². The van der Waals surface area contributed by atoms with Crippen molar-refractivity contribution in [3.05, 3.63) is 113 Å². The van der Waals surface area contributed by atoms with Crippen molar-refractivity contribution in [1.82, 2.24) is 0 Å². The van der Waals surface area contributed by atoms with Crippen LogP contribution in [0, 0.1) is 0 Å². The van der Waals surface area contributed by atoms with Crippen molar-refractivity contribution in [2.24, 2.45) is 0 Å². The summed E-state index contributed by atoms with van der Waals surface area (Å²) in [5, 5.41) is 0. The maximum absolute atomic E-state index is 2.20. The van der Waals surface area contributed by atoms with E-state index >= 15 is 0 Å². The topological polar surface area (TPSA) is 0 Å². The Labute approximate surface area is 126 Å². The summed E-state index contributed by atoms with van der Waals surface area (Å²) < 4.78 is 0. The molecule has 0 atom stereocenters. The van der Waals surface area contributed by atoms with Gasteiger partial charge in [-0.3, -0.25) is 0 Å². The van der Waals surface area contributed by atoms with Crippen LogP contribution in [0.5, 0.6) is 0 Å². The zero-order valence-electron chi connectivity index (χ0n) is 12.2. The Balaban J connectivity index is 2.27. The van der Waals surface area contributed by atoms with Gasteiger partial charge in [-0.2, -0.15) is 0 Å². The highest BCUT2D eigenvalue weighted by molar-refractivity contribution is 5.86. The molecule has 0 spiro atoms. The predicted octanol–water partition coefficient (Wildman–Crippen LogP) is 5.56. The maximum atomic E-state index is 2.20. The summed E-state index contributed by atoms with van der Waals surface area (Å²) in [5.41, 5.74) is 6.33. The van der Waals surface area contributed by atoms with E-state index in [1.165, 1.54) is 27.8 Å². The Kier molecular flexibility index (Phi) is 3.97. The molecule has 2 aromatic rings. The van der Waals surface area contributed by atoms with E-state index in [0.717, 1.165) is 0 Å². The van der Waals surface area contributed by atoms with E-state index < -0.39 is 0 Å². The van der Waals surface area contributed by atoms with Crippen molar-refractivity contribution in [3.8, 4) is 0 Å². The number of rotatable bonds is 2. The maximum Gasteiger partial charge on any atom is -0.00362 e. The molecule has 0 heterocycles. The molecule has 102 valence electrons. The Morgan fingerprint density at radius 3 is 1.81 bits per heavy atom. The van der Waals surface area contributed by atoms with Crippen LogP contribution in [0.2, 0.25) is 0 Å².